The molecule has 2 rings (SSSR count). The standard InChI is InChI=1S/C7H12B2/c1-2-4-7-6(3-1)5-8-9-7/h6-7H,1-5H2. The Hall–Kier alpha value is 0.130. The van der Waals surface area contributed by atoms with Gasteiger partial charge in [0.05, 0.1) is 14.3 Å². The van der Waals surface area contributed by atoms with Gasteiger partial charge < -0.3 is 0 Å². The molecule has 0 nitrogen and oxygen atoms in total. The predicted octanol–water partition coefficient (Wildman–Crippen LogP) is 1.72. The van der Waals surface area contributed by atoms with Crippen molar-refractivity contribution in [2.24, 2.45) is 5.92 Å². The van der Waals surface area contributed by atoms with E-state index in [0.717, 1.165) is 11.7 Å². The lowest BCUT2D eigenvalue weighted by Crippen LogP contribution is -2.11. The number of fused-ring (bicyclic) bond motifs is 1. The molecule has 0 bridgehead atoms. The van der Waals surface area contributed by atoms with Crippen LogP contribution < -0.4 is 0 Å². The second-order valence-electron chi connectivity index (χ2n) is 3.37. The Labute approximate surface area is 58.9 Å². The van der Waals surface area contributed by atoms with Crippen molar-refractivity contribution in [1.29, 1.82) is 0 Å². The van der Waals surface area contributed by atoms with Gasteiger partial charge in [-0.05, 0) is 0 Å². The molecule has 1 saturated heterocycles. The number of rotatable bonds is 0. The maximum absolute atomic E-state index is 2.43. The topological polar surface area (TPSA) is 0 Å². The third-order valence-electron chi connectivity index (χ3n) is 2.79. The van der Waals surface area contributed by atoms with Gasteiger partial charge in [0.15, 0.2) is 0 Å². The van der Waals surface area contributed by atoms with Crippen LogP contribution in [0.1, 0.15) is 25.7 Å². The number of hydrogen-bond acceptors (Lipinski definition) is 0. The van der Waals surface area contributed by atoms with Crippen LogP contribution in [0.3, 0.4) is 0 Å². The molecule has 0 spiro atoms. The molecule has 1 aliphatic carbocycles. The van der Waals surface area contributed by atoms with Gasteiger partial charge in [0.25, 0.3) is 0 Å². The zero-order valence-corrected chi connectivity index (χ0v) is 5.84. The van der Waals surface area contributed by atoms with E-state index >= 15 is 0 Å². The largest absolute Gasteiger partial charge is 0.0863 e. The Morgan fingerprint density at radius 2 is 2.00 bits per heavy atom. The normalized spacial score (nSPS) is 40.9. The Bertz CT molecular complexity index is 91.1. The van der Waals surface area contributed by atoms with E-state index in [4.69, 9.17) is 0 Å². The van der Waals surface area contributed by atoms with Gasteiger partial charge in [-0.3, -0.25) is 0 Å². The summed E-state index contributed by atoms with van der Waals surface area (Å²) in [5, 5.41) is 0. The quantitative estimate of drug-likeness (QED) is 0.424. The van der Waals surface area contributed by atoms with Gasteiger partial charge in [0, 0.05) is 0 Å². The Kier molecular flexibility index (Phi) is 1.57. The third kappa shape index (κ3) is 1.04. The summed E-state index contributed by atoms with van der Waals surface area (Å²) in [6.07, 6.45) is 7.32. The summed E-state index contributed by atoms with van der Waals surface area (Å²) in [5.74, 6) is 2.04. The zero-order valence-electron chi connectivity index (χ0n) is 5.84. The second-order valence-corrected chi connectivity index (χ2v) is 3.37. The van der Waals surface area contributed by atoms with E-state index < -0.39 is 0 Å². The van der Waals surface area contributed by atoms with E-state index in [1.165, 1.54) is 32.0 Å². The Balaban J connectivity index is 1.97. The van der Waals surface area contributed by atoms with E-state index in [0.29, 0.717) is 0 Å². The van der Waals surface area contributed by atoms with Crippen LogP contribution in [0.25, 0.3) is 0 Å². The molecular formula is C7H12B2. The lowest BCUT2D eigenvalue weighted by molar-refractivity contribution is 0.391. The summed E-state index contributed by atoms with van der Waals surface area (Å²) < 4.78 is 0. The van der Waals surface area contributed by atoms with Crippen molar-refractivity contribution in [1.82, 2.24) is 0 Å². The minimum Gasteiger partial charge on any atom is -0.0863 e. The van der Waals surface area contributed by atoms with Crippen molar-refractivity contribution in [2.45, 2.75) is 37.8 Å². The molecule has 0 amide bonds. The van der Waals surface area contributed by atoms with Crippen LogP contribution in [0.15, 0.2) is 0 Å². The second kappa shape index (κ2) is 2.40. The summed E-state index contributed by atoms with van der Waals surface area (Å²) >= 11 is 0. The minimum atomic E-state index is 0.985. The fourth-order valence-electron chi connectivity index (χ4n) is 2.21. The van der Waals surface area contributed by atoms with Gasteiger partial charge in [-0.25, -0.2) is 0 Å². The van der Waals surface area contributed by atoms with Gasteiger partial charge in [0.1, 0.15) is 0 Å². The molecule has 46 valence electrons. The first-order chi connectivity index (χ1) is 4.47. The van der Waals surface area contributed by atoms with Crippen molar-refractivity contribution < 1.29 is 0 Å². The van der Waals surface area contributed by atoms with Crippen molar-refractivity contribution >= 4 is 14.3 Å². The molecular weight excluding hydrogens is 106 g/mol. The number of hydrogen-bond donors (Lipinski definition) is 0. The monoisotopic (exact) mass is 118 g/mol. The van der Waals surface area contributed by atoms with Crippen LogP contribution in [0.4, 0.5) is 0 Å². The van der Waals surface area contributed by atoms with Crippen molar-refractivity contribution in [3.8, 4) is 0 Å². The molecule has 2 fully saturated rings. The van der Waals surface area contributed by atoms with Crippen LogP contribution in [0.2, 0.25) is 12.1 Å². The van der Waals surface area contributed by atoms with E-state index in [1.807, 2.05) is 0 Å². The first-order valence-electron chi connectivity index (χ1n) is 4.13. The van der Waals surface area contributed by atoms with Crippen molar-refractivity contribution in [3.63, 3.8) is 0 Å². The Morgan fingerprint density at radius 3 is 2.89 bits per heavy atom. The van der Waals surface area contributed by atoms with Crippen LogP contribution >= 0.6 is 0 Å². The predicted molar refractivity (Wildman–Crippen MR) is 42.0 cm³/mol. The maximum atomic E-state index is 2.43. The summed E-state index contributed by atoms with van der Waals surface area (Å²) in [6.45, 7) is 0. The molecule has 0 aromatic heterocycles. The highest BCUT2D eigenvalue weighted by molar-refractivity contribution is 7.02. The van der Waals surface area contributed by atoms with E-state index in [-0.39, 0.29) is 0 Å². The molecule has 9 heavy (non-hydrogen) atoms. The molecule has 1 saturated carbocycles. The van der Waals surface area contributed by atoms with Gasteiger partial charge in [-0.15, -0.1) is 0 Å². The molecule has 0 N–H and O–H groups in total. The molecule has 0 aromatic carbocycles. The molecule has 2 radical (unpaired) electrons. The smallest absolute Gasteiger partial charge is 0.0699 e. The van der Waals surface area contributed by atoms with E-state index in [2.05, 4.69) is 14.3 Å². The van der Waals surface area contributed by atoms with Crippen LogP contribution in [0, 0.1) is 5.92 Å². The molecule has 0 aromatic rings. The molecule has 2 atom stereocenters. The van der Waals surface area contributed by atoms with Crippen LogP contribution in [-0.2, 0) is 0 Å². The lowest BCUT2D eigenvalue weighted by Gasteiger charge is -2.25. The SMILES string of the molecule is [B]1[B]C2CCCCC2C1. The average Bonchev–Trinajstić information content (AvgIpc) is 2.33. The van der Waals surface area contributed by atoms with Gasteiger partial charge in [-0.2, -0.15) is 0 Å². The minimum absolute atomic E-state index is 0.985. The zero-order chi connectivity index (χ0) is 6.10. The third-order valence-corrected chi connectivity index (χ3v) is 2.79. The highest BCUT2D eigenvalue weighted by Gasteiger charge is 2.29. The van der Waals surface area contributed by atoms with E-state index in [9.17, 15) is 0 Å². The fourth-order valence-corrected chi connectivity index (χ4v) is 2.21. The molecule has 2 aliphatic rings. The summed E-state index contributed by atoms with van der Waals surface area (Å²) in [5.41, 5.74) is 0. The van der Waals surface area contributed by atoms with Gasteiger partial charge in [0.2, 0.25) is 0 Å². The van der Waals surface area contributed by atoms with Crippen molar-refractivity contribution in [2.75, 3.05) is 0 Å². The molecule has 1 aliphatic heterocycles. The summed E-state index contributed by atoms with van der Waals surface area (Å²) in [6, 6.07) is 0. The first-order valence-corrected chi connectivity index (χ1v) is 4.13. The molecule has 1 heterocycles. The fraction of sp³-hybridized carbons (Fsp3) is 1.00. The van der Waals surface area contributed by atoms with E-state index in [1.54, 1.807) is 0 Å². The first kappa shape index (κ1) is 5.88. The van der Waals surface area contributed by atoms with Crippen LogP contribution in [0.5, 0.6) is 0 Å². The molecule has 2 heteroatoms. The Morgan fingerprint density at radius 1 is 1.11 bits per heavy atom. The highest BCUT2D eigenvalue weighted by atomic mass is 14.2. The van der Waals surface area contributed by atoms with Gasteiger partial charge in [-0.1, -0.05) is 43.7 Å². The summed E-state index contributed by atoms with van der Waals surface area (Å²) in [7, 11) is 4.81. The molecule has 2 unspecified atom stereocenters. The van der Waals surface area contributed by atoms with Crippen LogP contribution in [-0.4, -0.2) is 14.3 Å². The highest BCUT2D eigenvalue weighted by Crippen LogP contribution is 2.39. The lowest BCUT2D eigenvalue weighted by atomic mass is 9.38. The van der Waals surface area contributed by atoms with Gasteiger partial charge >= 0.3 is 0 Å². The average molecular weight is 118 g/mol. The maximum Gasteiger partial charge on any atom is 0.0699 e. The van der Waals surface area contributed by atoms with Crippen molar-refractivity contribution in [3.05, 3.63) is 0 Å². The summed E-state index contributed by atoms with van der Waals surface area (Å²) in [4.78, 5) is 0.